The van der Waals surface area contributed by atoms with E-state index in [1.807, 2.05) is 29.4 Å². The number of rotatable bonds is 9. The molecule has 4 rings (SSSR count). The van der Waals surface area contributed by atoms with Gasteiger partial charge >= 0.3 is 51.4 Å². The van der Waals surface area contributed by atoms with E-state index in [1.54, 1.807) is 19.2 Å². The van der Waals surface area contributed by atoms with Crippen LogP contribution in [0.4, 0.5) is 11.4 Å². The monoisotopic (exact) mass is 557 g/mol. The Morgan fingerprint density at radius 2 is 1.90 bits per heavy atom. The molecule has 2 fully saturated rings. The standard InChI is InChI=1S/C16H20N3O2.C14H20N2O.K/c1-11(9-19-6-4-3-5-16(19)21)13-7-12(10-20)14(17)8-15(13)18-2;1-12-3-4-14(11-13(12)2)17-10-9-16-7-5-15-6-8-16;/h7-8,18H,1,3-6,9,17H2,2H3;3-4,11,15H,1-2,5-10H2;/q-1;-2;+1. The summed E-state index contributed by atoms with van der Waals surface area (Å²) in [6.07, 6.45) is 4.40. The van der Waals surface area contributed by atoms with Crippen LogP contribution in [0.3, 0.4) is 0 Å². The number of nitrogen functional groups attached to an aromatic ring is 1. The Balaban J connectivity index is 0.000000272. The number of hydrogen-bond acceptors (Lipinski definition) is 7. The fourth-order valence-electron chi connectivity index (χ4n) is 4.47. The number of piperazine rings is 1. The average Bonchev–Trinajstić information content (AvgIpc) is 2.92. The van der Waals surface area contributed by atoms with Crippen LogP contribution in [0.15, 0.2) is 36.9 Å². The van der Waals surface area contributed by atoms with Crippen molar-refractivity contribution in [2.24, 2.45) is 0 Å². The summed E-state index contributed by atoms with van der Waals surface area (Å²) < 4.78 is 5.71. The van der Waals surface area contributed by atoms with Gasteiger partial charge in [0.05, 0.1) is 12.9 Å². The molecule has 2 saturated heterocycles. The number of anilines is 2. The quantitative estimate of drug-likeness (QED) is 0.229. The van der Waals surface area contributed by atoms with Gasteiger partial charge in [0.15, 0.2) is 0 Å². The molecule has 39 heavy (non-hydrogen) atoms. The number of nitrogens with two attached hydrogens (primary N) is 1. The number of carbonyl (C=O) groups excluding carboxylic acids is 2. The molecule has 0 atom stereocenters. The van der Waals surface area contributed by atoms with Gasteiger partial charge in [-0.05, 0) is 18.4 Å². The fraction of sp³-hybridized carbons (Fsp3) is 0.400. The third-order valence-electron chi connectivity index (χ3n) is 6.82. The molecular formula is C30H40KN5O3-2. The number of amides is 1. The average molecular weight is 558 g/mol. The van der Waals surface area contributed by atoms with Crippen molar-refractivity contribution in [2.45, 2.75) is 19.3 Å². The van der Waals surface area contributed by atoms with Crippen molar-refractivity contribution in [3.8, 4) is 5.75 Å². The van der Waals surface area contributed by atoms with Gasteiger partial charge in [0.2, 0.25) is 5.91 Å². The number of carbonyl (C=O) groups is 1. The van der Waals surface area contributed by atoms with E-state index in [1.165, 1.54) is 0 Å². The molecule has 0 aromatic heterocycles. The van der Waals surface area contributed by atoms with Crippen LogP contribution in [0.25, 0.3) is 5.57 Å². The SMILES string of the molecule is C=C(CN1CCCCC1=O)c1cc([C-]=O)c(N)cc1NC.[CH2-]c1ccc(OCCN2CCNCC2)cc1[CH2-].[K+]. The first-order valence-corrected chi connectivity index (χ1v) is 13.1. The van der Waals surface area contributed by atoms with Gasteiger partial charge in [-0.3, -0.25) is 34.7 Å². The molecule has 0 aliphatic carbocycles. The zero-order chi connectivity index (χ0) is 27.5. The van der Waals surface area contributed by atoms with Gasteiger partial charge in [-0.15, -0.1) is 17.7 Å². The summed E-state index contributed by atoms with van der Waals surface area (Å²) in [6.45, 7) is 19.2. The van der Waals surface area contributed by atoms with Crippen molar-refractivity contribution in [3.63, 3.8) is 0 Å². The third-order valence-corrected chi connectivity index (χ3v) is 6.82. The van der Waals surface area contributed by atoms with E-state index in [0.717, 1.165) is 92.4 Å². The second-order valence-electron chi connectivity index (χ2n) is 9.58. The Morgan fingerprint density at radius 1 is 1.15 bits per heavy atom. The Morgan fingerprint density at radius 3 is 2.54 bits per heavy atom. The number of piperidine rings is 1. The predicted octanol–water partition coefficient (Wildman–Crippen LogP) is 0.133. The van der Waals surface area contributed by atoms with Crippen LogP contribution in [0, 0.1) is 13.8 Å². The van der Waals surface area contributed by atoms with Gasteiger partial charge < -0.3 is 30.8 Å². The second-order valence-corrected chi connectivity index (χ2v) is 9.58. The molecular weight excluding hydrogens is 517 g/mol. The largest absolute Gasteiger partial charge is 1.00 e. The third kappa shape index (κ3) is 10.2. The van der Waals surface area contributed by atoms with Gasteiger partial charge in [-0.25, -0.2) is 6.07 Å². The van der Waals surface area contributed by atoms with Crippen LogP contribution in [-0.2, 0) is 9.59 Å². The molecule has 9 heteroatoms. The molecule has 1 amide bonds. The summed E-state index contributed by atoms with van der Waals surface area (Å²) in [5.41, 5.74) is 10.7. The first kappa shape index (κ1) is 33.2. The number of nitrogens with one attached hydrogen (secondary N) is 2. The number of benzene rings is 2. The molecule has 0 radical (unpaired) electrons. The minimum atomic E-state index is 0. The van der Waals surface area contributed by atoms with Gasteiger partial charge in [-0.1, -0.05) is 23.9 Å². The number of likely N-dealkylation sites (tertiary alicyclic amines) is 1. The zero-order valence-electron chi connectivity index (χ0n) is 23.5. The van der Waals surface area contributed by atoms with Crippen molar-refractivity contribution < 1.29 is 65.7 Å². The van der Waals surface area contributed by atoms with E-state index < -0.39 is 0 Å². The van der Waals surface area contributed by atoms with Gasteiger partial charge in [0.25, 0.3) is 0 Å². The normalized spacial score (nSPS) is 15.4. The molecule has 206 valence electrons. The van der Waals surface area contributed by atoms with E-state index in [0.29, 0.717) is 24.2 Å². The van der Waals surface area contributed by atoms with Crippen LogP contribution in [0.2, 0.25) is 0 Å². The van der Waals surface area contributed by atoms with Gasteiger partial charge in [-0.2, -0.15) is 6.07 Å². The Kier molecular flexibility index (Phi) is 14.5. The van der Waals surface area contributed by atoms with Crippen LogP contribution in [0.1, 0.15) is 41.5 Å². The molecule has 0 unspecified atom stereocenters. The van der Waals surface area contributed by atoms with Crippen molar-refractivity contribution in [2.75, 3.05) is 70.5 Å². The van der Waals surface area contributed by atoms with E-state index in [4.69, 9.17) is 10.5 Å². The van der Waals surface area contributed by atoms with Crippen LogP contribution >= 0.6 is 0 Å². The maximum absolute atomic E-state index is 11.9. The maximum Gasteiger partial charge on any atom is 1.00 e. The van der Waals surface area contributed by atoms with Crippen LogP contribution < -0.4 is 72.5 Å². The second kappa shape index (κ2) is 17.0. The van der Waals surface area contributed by atoms with E-state index >= 15 is 0 Å². The molecule has 2 heterocycles. The predicted molar refractivity (Wildman–Crippen MR) is 155 cm³/mol. The Labute approximate surface area is 276 Å². The summed E-state index contributed by atoms with van der Waals surface area (Å²) in [5.74, 6) is 1.04. The van der Waals surface area contributed by atoms with Crippen molar-refractivity contribution in [1.29, 1.82) is 0 Å². The maximum atomic E-state index is 11.9. The van der Waals surface area contributed by atoms with E-state index in [2.05, 4.69) is 36.0 Å². The first-order valence-electron chi connectivity index (χ1n) is 13.1. The van der Waals surface area contributed by atoms with E-state index in [-0.39, 0.29) is 57.3 Å². The molecule has 4 N–H and O–H groups in total. The van der Waals surface area contributed by atoms with E-state index in [9.17, 15) is 9.59 Å². The summed E-state index contributed by atoms with van der Waals surface area (Å²) >= 11 is 0. The Hall–Kier alpha value is -1.98. The summed E-state index contributed by atoms with van der Waals surface area (Å²) in [6, 6.07) is 9.21. The van der Waals surface area contributed by atoms with Crippen LogP contribution in [0.5, 0.6) is 5.75 Å². The molecule has 0 saturated carbocycles. The minimum absolute atomic E-state index is 0. The number of hydrogen-bond donors (Lipinski definition) is 3. The zero-order valence-corrected chi connectivity index (χ0v) is 26.6. The minimum Gasteiger partial charge on any atom is -0.507 e. The molecule has 2 aromatic carbocycles. The van der Waals surface area contributed by atoms with Crippen molar-refractivity contribution in [3.05, 3.63) is 73.0 Å². The van der Waals surface area contributed by atoms with Gasteiger partial charge in [0.1, 0.15) is 0 Å². The molecule has 2 aliphatic heterocycles. The fourth-order valence-corrected chi connectivity index (χ4v) is 4.47. The molecule has 8 nitrogen and oxygen atoms in total. The topological polar surface area (TPSA) is 99.9 Å². The molecule has 0 spiro atoms. The molecule has 2 aromatic rings. The smallest absolute Gasteiger partial charge is 0.507 e. The number of nitrogens with zero attached hydrogens (tertiary/aromatic N) is 2. The van der Waals surface area contributed by atoms with Crippen LogP contribution in [-0.4, -0.2) is 81.5 Å². The summed E-state index contributed by atoms with van der Waals surface area (Å²) in [5, 5.41) is 6.38. The number of ether oxygens (including phenoxy) is 1. The van der Waals surface area contributed by atoms with Crippen molar-refractivity contribution in [1.82, 2.24) is 15.1 Å². The summed E-state index contributed by atoms with van der Waals surface area (Å²) in [7, 11) is 1.78. The molecule has 2 aliphatic rings. The molecule has 0 bridgehead atoms. The van der Waals surface area contributed by atoms with Crippen molar-refractivity contribution >= 4 is 29.1 Å². The summed E-state index contributed by atoms with van der Waals surface area (Å²) in [4.78, 5) is 27.0. The first-order chi connectivity index (χ1) is 18.3. The van der Waals surface area contributed by atoms with Gasteiger partial charge in [0, 0.05) is 70.7 Å². The Bertz CT molecular complexity index is 1120.